The largest absolute Gasteiger partial charge is 0.467 e. The van der Waals surface area contributed by atoms with Crippen LogP contribution in [0.3, 0.4) is 0 Å². The molecule has 0 saturated carbocycles. The van der Waals surface area contributed by atoms with Gasteiger partial charge in [0.05, 0.1) is 24.2 Å². The molecule has 37 heavy (non-hydrogen) atoms. The normalized spacial score (nSPS) is 11.5. The van der Waals surface area contributed by atoms with Crippen molar-refractivity contribution >= 4 is 29.1 Å². The molecular formula is C29H29N3O4S. The van der Waals surface area contributed by atoms with Crippen LogP contribution in [-0.4, -0.2) is 35.7 Å². The van der Waals surface area contributed by atoms with Crippen LogP contribution in [0.4, 0.5) is 0 Å². The minimum absolute atomic E-state index is 0.198. The summed E-state index contributed by atoms with van der Waals surface area (Å²) in [4.78, 5) is 41.7. The molecule has 2 aromatic heterocycles. The van der Waals surface area contributed by atoms with Gasteiger partial charge in [0, 0.05) is 6.54 Å². The van der Waals surface area contributed by atoms with Crippen LogP contribution in [0.2, 0.25) is 0 Å². The van der Waals surface area contributed by atoms with Crippen molar-refractivity contribution in [2.75, 3.05) is 13.1 Å². The van der Waals surface area contributed by atoms with Gasteiger partial charge in [0.2, 0.25) is 11.8 Å². The van der Waals surface area contributed by atoms with E-state index in [9.17, 15) is 14.4 Å². The maximum atomic E-state index is 13.6. The summed E-state index contributed by atoms with van der Waals surface area (Å²) in [5, 5.41) is 7.42. The first kappa shape index (κ1) is 25.9. The molecule has 0 aliphatic rings. The summed E-state index contributed by atoms with van der Waals surface area (Å²) in [6.45, 7) is 2.24. The number of nitrogens with one attached hydrogen (secondary N) is 2. The van der Waals surface area contributed by atoms with Crippen LogP contribution in [0.1, 0.15) is 38.2 Å². The van der Waals surface area contributed by atoms with Gasteiger partial charge in [-0.1, -0.05) is 66.2 Å². The monoisotopic (exact) mass is 515 g/mol. The molecule has 2 N–H and O–H groups in total. The summed E-state index contributed by atoms with van der Waals surface area (Å²) in [5.74, 6) is -0.382. The summed E-state index contributed by atoms with van der Waals surface area (Å²) in [5.41, 5.74) is 2.78. The van der Waals surface area contributed by atoms with Crippen molar-refractivity contribution in [2.45, 2.75) is 25.9 Å². The van der Waals surface area contributed by atoms with Gasteiger partial charge < -0.3 is 20.0 Å². The van der Waals surface area contributed by atoms with Crippen LogP contribution in [0.5, 0.6) is 0 Å². The number of benzene rings is 2. The van der Waals surface area contributed by atoms with E-state index in [-0.39, 0.29) is 30.8 Å². The molecule has 190 valence electrons. The Labute approximate surface area is 220 Å². The Kier molecular flexibility index (Phi) is 8.89. The lowest BCUT2D eigenvalue weighted by Gasteiger charge is -2.31. The molecule has 4 rings (SSSR count). The maximum Gasteiger partial charge on any atom is 0.261 e. The number of hydrogen-bond donors (Lipinski definition) is 2. The number of nitrogens with zero attached hydrogens (tertiary/aromatic N) is 1. The molecule has 4 aromatic rings. The molecule has 2 heterocycles. The van der Waals surface area contributed by atoms with Crippen molar-refractivity contribution in [2.24, 2.45) is 0 Å². The Hall–Kier alpha value is -4.17. The Morgan fingerprint density at radius 1 is 0.919 bits per heavy atom. The summed E-state index contributed by atoms with van der Waals surface area (Å²) >= 11 is 1.30. The SMILES string of the molecule is Cc1ccc([C@@H](C(=O)NCc2ccco2)N(CCc2ccccc2)C(=O)CNC(=O)c2cccs2)cc1. The molecule has 0 radical (unpaired) electrons. The van der Waals surface area contributed by atoms with E-state index in [2.05, 4.69) is 10.6 Å². The van der Waals surface area contributed by atoms with Crippen LogP contribution in [-0.2, 0) is 22.6 Å². The molecule has 0 aliphatic heterocycles. The Morgan fingerprint density at radius 2 is 1.70 bits per heavy atom. The zero-order valence-corrected chi connectivity index (χ0v) is 21.4. The van der Waals surface area contributed by atoms with Crippen molar-refractivity contribution in [3.63, 3.8) is 0 Å². The average molecular weight is 516 g/mol. The number of aryl methyl sites for hydroxylation is 1. The molecule has 0 fully saturated rings. The van der Waals surface area contributed by atoms with E-state index in [0.717, 1.165) is 11.1 Å². The molecule has 1 atom stereocenters. The second kappa shape index (κ2) is 12.7. The van der Waals surface area contributed by atoms with Crippen LogP contribution >= 0.6 is 11.3 Å². The minimum Gasteiger partial charge on any atom is -0.467 e. The second-order valence-electron chi connectivity index (χ2n) is 8.59. The van der Waals surface area contributed by atoms with Gasteiger partial charge in [-0.2, -0.15) is 0 Å². The molecule has 3 amide bonds. The third-order valence-electron chi connectivity index (χ3n) is 5.92. The van der Waals surface area contributed by atoms with Crippen molar-refractivity contribution in [3.8, 4) is 0 Å². The highest BCUT2D eigenvalue weighted by Gasteiger charge is 2.31. The van der Waals surface area contributed by atoms with Gasteiger partial charge >= 0.3 is 0 Å². The van der Waals surface area contributed by atoms with Gasteiger partial charge in [-0.25, -0.2) is 0 Å². The van der Waals surface area contributed by atoms with Crippen molar-refractivity contribution in [3.05, 3.63) is 118 Å². The number of carbonyl (C=O) groups is 3. The van der Waals surface area contributed by atoms with Crippen LogP contribution < -0.4 is 10.6 Å². The van der Waals surface area contributed by atoms with Crippen LogP contribution in [0, 0.1) is 6.92 Å². The predicted octanol–water partition coefficient (Wildman–Crippen LogP) is 4.51. The molecule has 2 aromatic carbocycles. The van der Waals surface area contributed by atoms with Crippen molar-refractivity contribution in [1.82, 2.24) is 15.5 Å². The molecule has 0 bridgehead atoms. The predicted molar refractivity (Wildman–Crippen MR) is 143 cm³/mol. The quantitative estimate of drug-likeness (QED) is 0.308. The van der Waals surface area contributed by atoms with Gasteiger partial charge in [0.25, 0.3) is 5.91 Å². The average Bonchev–Trinajstić information content (AvgIpc) is 3.64. The van der Waals surface area contributed by atoms with Crippen LogP contribution in [0.25, 0.3) is 0 Å². The first-order valence-electron chi connectivity index (χ1n) is 12.0. The lowest BCUT2D eigenvalue weighted by molar-refractivity contribution is -0.140. The van der Waals surface area contributed by atoms with Gasteiger partial charge in [-0.05, 0) is 48.1 Å². The lowest BCUT2D eigenvalue weighted by atomic mass is 10.0. The van der Waals surface area contributed by atoms with E-state index in [1.165, 1.54) is 11.3 Å². The van der Waals surface area contributed by atoms with E-state index in [4.69, 9.17) is 4.42 Å². The smallest absolute Gasteiger partial charge is 0.261 e. The molecule has 0 saturated heterocycles. The first-order valence-corrected chi connectivity index (χ1v) is 12.9. The molecule has 0 aliphatic carbocycles. The lowest BCUT2D eigenvalue weighted by Crippen LogP contribution is -2.48. The number of hydrogen-bond acceptors (Lipinski definition) is 5. The number of amides is 3. The van der Waals surface area contributed by atoms with E-state index >= 15 is 0 Å². The highest BCUT2D eigenvalue weighted by Crippen LogP contribution is 2.23. The van der Waals surface area contributed by atoms with Gasteiger partial charge in [-0.3, -0.25) is 14.4 Å². The highest BCUT2D eigenvalue weighted by molar-refractivity contribution is 7.12. The fourth-order valence-electron chi connectivity index (χ4n) is 3.95. The van der Waals surface area contributed by atoms with E-state index in [0.29, 0.717) is 29.2 Å². The molecule has 0 unspecified atom stereocenters. The third-order valence-corrected chi connectivity index (χ3v) is 6.79. The molecule has 8 heteroatoms. The zero-order chi connectivity index (χ0) is 26.0. The first-order chi connectivity index (χ1) is 18.0. The second-order valence-corrected chi connectivity index (χ2v) is 9.54. The van der Waals surface area contributed by atoms with Crippen molar-refractivity contribution in [1.29, 1.82) is 0 Å². The fourth-order valence-corrected chi connectivity index (χ4v) is 4.59. The number of thiophene rings is 1. The zero-order valence-electron chi connectivity index (χ0n) is 20.6. The van der Waals surface area contributed by atoms with Gasteiger partial charge in [0.15, 0.2) is 0 Å². The Balaban J connectivity index is 1.59. The third kappa shape index (κ3) is 7.17. The molecular weight excluding hydrogens is 486 g/mol. The highest BCUT2D eigenvalue weighted by atomic mass is 32.1. The van der Waals surface area contributed by atoms with E-state index in [1.54, 1.807) is 40.8 Å². The number of carbonyl (C=O) groups excluding carboxylic acids is 3. The topological polar surface area (TPSA) is 91.7 Å². The Morgan fingerprint density at radius 3 is 2.38 bits per heavy atom. The van der Waals surface area contributed by atoms with Crippen LogP contribution in [0.15, 0.2) is 94.9 Å². The number of furan rings is 1. The minimum atomic E-state index is -0.884. The van der Waals surface area contributed by atoms with Gasteiger partial charge in [0.1, 0.15) is 11.8 Å². The number of rotatable bonds is 11. The van der Waals surface area contributed by atoms with Crippen molar-refractivity contribution < 1.29 is 18.8 Å². The standard InChI is InChI=1S/C29H29N3O4S/c1-21-11-13-23(14-12-21)27(29(35)30-19-24-9-5-17-36-24)32(16-15-22-7-3-2-4-8-22)26(33)20-31-28(34)25-10-6-18-37-25/h2-14,17-18,27H,15-16,19-20H2,1H3,(H,30,35)(H,31,34)/t27-/m0/s1. The summed E-state index contributed by atoms with van der Waals surface area (Å²) in [7, 11) is 0. The summed E-state index contributed by atoms with van der Waals surface area (Å²) in [6, 6.07) is 23.5. The summed E-state index contributed by atoms with van der Waals surface area (Å²) < 4.78 is 5.36. The molecule has 7 nitrogen and oxygen atoms in total. The van der Waals surface area contributed by atoms with E-state index in [1.807, 2.05) is 61.5 Å². The van der Waals surface area contributed by atoms with Gasteiger partial charge in [-0.15, -0.1) is 11.3 Å². The Bertz CT molecular complexity index is 1290. The van der Waals surface area contributed by atoms with E-state index < -0.39 is 6.04 Å². The summed E-state index contributed by atoms with van der Waals surface area (Å²) in [6.07, 6.45) is 2.10. The maximum absolute atomic E-state index is 13.6. The molecule has 0 spiro atoms. The fraction of sp³-hybridized carbons (Fsp3) is 0.207.